The number of hydrazone groups is 1. The number of halogens is 1. The van der Waals surface area contributed by atoms with Crippen LogP contribution in [0.5, 0.6) is 0 Å². The summed E-state index contributed by atoms with van der Waals surface area (Å²) in [6, 6.07) is 17.7. The lowest BCUT2D eigenvalue weighted by Gasteiger charge is -2.16. The van der Waals surface area contributed by atoms with Gasteiger partial charge >= 0.3 is 0 Å². The third-order valence-corrected chi connectivity index (χ3v) is 5.04. The summed E-state index contributed by atoms with van der Waals surface area (Å²) in [4.78, 5) is 15.7. The largest absolute Gasteiger partial charge is 0.341 e. The quantitative estimate of drug-likeness (QED) is 0.438. The second kappa shape index (κ2) is 8.79. The van der Waals surface area contributed by atoms with Crippen molar-refractivity contribution in [3.05, 3.63) is 64.6 Å². The van der Waals surface area contributed by atoms with E-state index in [9.17, 15) is 0 Å². The Hall–Kier alpha value is -3.00. The molecule has 2 N–H and O–H groups in total. The van der Waals surface area contributed by atoms with E-state index >= 15 is 0 Å². The molecule has 0 unspecified atom stereocenters. The van der Waals surface area contributed by atoms with E-state index in [4.69, 9.17) is 0 Å². The zero-order chi connectivity index (χ0) is 19.2. The lowest BCUT2D eigenvalue weighted by Crippen LogP contribution is -2.21. The van der Waals surface area contributed by atoms with Gasteiger partial charge in [-0.25, -0.2) is 5.43 Å². The minimum Gasteiger partial charge on any atom is -0.341 e. The molecule has 28 heavy (non-hydrogen) atoms. The molecular weight excluding hydrogens is 418 g/mol. The number of para-hydroxylation sites is 1. The van der Waals surface area contributed by atoms with Gasteiger partial charge in [0.2, 0.25) is 17.8 Å². The summed E-state index contributed by atoms with van der Waals surface area (Å²) in [6.07, 6.45) is 4.03. The first-order valence-electron chi connectivity index (χ1n) is 9.15. The molecular formula is C20H20BrN7. The van der Waals surface area contributed by atoms with Crippen molar-refractivity contribution in [1.29, 1.82) is 0 Å². The molecule has 142 valence electrons. The van der Waals surface area contributed by atoms with Crippen LogP contribution in [0.15, 0.2) is 64.2 Å². The summed E-state index contributed by atoms with van der Waals surface area (Å²) < 4.78 is 0.973. The van der Waals surface area contributed by atoms with E-state index < -0.39 is 0 Å². The van der Waals surface area contributed by atoms with Crippen molar-refractivity contribution < 1.29 is 0 Å². The Kier molecular flexibility index (Phi) is 5.77. The second-order valence-electron chi connectivity index (χ2n) is 6.36. The lowest BCUT2D eigenvalue weighted by atomic mass is 10.2. The molecule has 1 saturated heterocycles. The van der Waals surface area contributed by atoms with Gasteiger partial charge < -0.3 is 10.2 Å². The lowest BCUT2D eigenvalue weighted by molar-refractivity contribution is 0.883. The normalized spacial score (nSPS) is 13.8. The van der Waals surface area contributed by atoms with Gasteiger partial charge in [0.05, 0.1) is 6.21 Å². The van der Waals surface area contributed by atoms with Crippen molar-refractivity contribution >= 4 is 45.7 Å². The van der Waals surface area contributed by atoms with E-state index in [0.717, 1.165) is 41.7 Å². The van der Waals surface area contributed by atoms with Crippen LogP contribution in [0.4, 0.5) is 23.5 Å². The van der Waals surface area contributed by atoms with E-state index in [1.807, 2.05) is 54.6 Å². The SMILES string of the molecule is Brc1ccccc1/C=N/Nc1nc(Nc2ccccc2)nc(N2CCCC2)n1. The van der Waals surface area contributed by atoms with E-state index in [0.29, 0.717) is 17.8 Å². The van der Waals surface area contributed by atoms with Gasteiger partial charge in [-0.2, -0.15) is 20.1 Å². The first-order valence-corrected chi connectivity index (χ1v) is 9.94. The van der Waals surface area contributed by atoms with Crippen molar-refractivity contribution in [1.82, 2.24) is 15.0 Å². The highest BCUT2D eigenvalue weighted by molar-refractivity contribution is 9.10. The summed E-state index contributed by atoms with van der Waals surface area (Å²) in [6.45, 7) is 1.91. The Balaban J connectivity index is 1.57. The van der Waals surface area contributed by atoms with Crippen molar-refractivity contribution in [2.75, 3.05) is 28.7 Å². The number of anilines is 4. The summed E-state index contributed by atoms with van der Waals surface area (Å²) in [5.74, 6) is 1.55. The first-order chi connectivity index (χ1) is 13.8. The summed E-state index contributed by atoms with van der Waals surface area (Å²) in [5.41, 5.74) is 4.81. The maximum absolute atomic E-state index is 4.58. The number of hydrogen-bond acceptors (Lipinski definition) is 7. The summed E-state index contributed by atoms with van der Waals surface area (Å²) >= 11 is 3.51. The number of nitrogens with one attached hydrogen (secondary N) is 2. The monoisotopic (exact) mass is 437 g/mol. The predicted octanol–water partition coefficient (Wildman–Crippen LogP) is 4.42. The Morgan fingerprint density at radius 1 is 0.893 bits per heavy atom. The maximum atomic E-state index is 4.58. The molecule has 0 amide bonds. The smallest absolute Gasteiger partial charge is 0.250 e. The molecule has 0 atom stereocenters. The molecule has 7 nitrogen and oxygen atoms in total. The van der Waals surface area contributed by atoms with Crippen LogP contribution in [-0.2, 0) is 0 Å². The molecule has 0 spiro atoms. The van der Waals surface area contributed by atoms with Crippen LogP contribution in [0.3, 0.4) is 0 Å². The number of hydrogen-bond donors (Lipinski definition) is 2. The zero-order valence-electron chi connectivity index (χ0n) is 15.2. The molecule has 1 aromatic heterocycles. The fourth-order valence-electron chi connectivity index (χ4n) is 2.92. The number of aromatic nitrogens is 3. The van der Waals surface area contributed by atoms with E-state index in [2.05, 4.69) is 51.6 Å². The van der Waals surface area contributed by atoms with Gasteiger partial charge in [0.1, 0.15) is 0 Å². The predicted molar refractivity (Wildman–Crippen MR) is 116 cm³/mol. The number of benzene rings is 2. The average molecular weight is 438 g/mol. The third kappa shape index (κ3) is 4.64. The molecule has 0 aliphatic carbocycles. The van der Waals surface area contributed by atoms with Crippen LogP contribution in [0.2, 0.25) is 0 Å². The zero-order valence-corrected chi connectivity index (χ0v) is 16.8. The topological polar surface area (TPSA) is 78.3 Å². The average Bonchev–Trinajstić information content (AvgIpc) is 3.25. The van der Waals surface area contributed by atoms with Gasteiger partial charge in [0.15, 0.2) is 0 Å². The second-order valence-corrected chi connectivity index (χ2v) is 7.21. The van der Waals surface area contributed by atoms with Crippen LogP contribution in [-0.4, -0.2) is 34.3 Å². The highest BCUT2D eigenvalue weighted by Crippen LogP contribution is 2.21. The Bertz CT molecular complexity index is 956. The number of nitrogens with zero attached hydrogens (tertiary/aromatic N) is 5. The Morgan fingerprint density at radius 3 is 2.39 bits per heavy atom. The Morgan fingerprint density at radius 2 is 1.61 bits per heavy atom. The summed E-state index contributed by atoms with van der Waals surface area (Å²) in [5, 5.41) is 7.52. The van der Waals surface area contributed by atoms with Crippen LogP contribution < -0.4 is 15.6 Å². The maximum Gasteiger partial charge on any atom is 0.250 e. The highest BCUT2D eigenvalue weighted by atomic mass is 79.9. The van der Waals surface area contributed by atoms with Gasteiger partial charge in [-0.15, -0.1) is 0 Å². The highest BCUT2D eigenvalue weighted by Gasteiger charge is 2.17. The minimum absolute atomic E-state index is 0.402. The van der Waals surface area contributed by atoms with E-state index in [1.54, 1.807) is 6.21 Å². The fourth-order valence-corrected chi connectivity index (χ4v) is 3.31. The standard InChI is InChI=1S/C20H20BrN7/c21-17-11-5-4-8-15(17)14-22-27-19-24-18(23-16-9-2-1-3-10-16)25-20(26-19)28-12-6-7-13-28/h1-5,8-11,14H,6-7,12-13H2,(H2,23,24,25,26,27)/b22-14+. The fraction of sp³-hybridized carbons (Fsp3) is 0.200. The van der Waals surface area contributed by atoms with Gasteiger partial charge in [0.25, 0.3) is 0 Å². The molecule has 1 aliphatic rings. The molecule has 2 heterocycles. The molecule has 1 aliphatic heterocycles. The van der Waals surface area contributed by atoms with Gasteiger partial charge in [-0.05, 0) is 31.0 Å². The van der Waals surface area contributed by atoms with Crippen molar-refractivity contribution in [3.63, 3.8) is 0 Å². The van der Waals surface area contributed by atoms with Crippen molar-refractivity contribution in [3.8, 4) is 0 Å². The first kappa shape index (κ1) is 18.4. The Labute approximate surface area is 172 Å². The molecule has 0 radical (unpaired) electrons. The molecule has 1 fully saturated rings. The molecule has 0 bridgehead atoms. The molecule has 2 aromatic carbocycles. The molecule has 8 heteroatoms. The van der Waals surface area contributed by atoms with Crippen LogP contribution in [0.25, 0.3) is 0 Å². The van der Waals surface area contributed by atoms with Gasteiger partial charge in [-0.3, -0.25) is 0 Å². The van der Waals surface area contributed by atoms with Crippen LogP contribution in [0, 0.1) is 0 Å². The van der Waals surface area contributed by atoms with Crippen molar-refractivity contribution in [2.24, 2.45) is 5.10 Å². The van der Waals surface area contributed by atoms with Gasteiger partial charge in [-0.1, -0.05) is 52.3 Å². The third-order valence-electron chi connectivity index (χ3n) is 4.32. The van der Waals surface area contributed by atoms with Crippen LogP contribution >= 0.6 is 15.9 Å². The molecule has 3 aromatic rings. The summed E-state index contributed by atoms with van der Waals surface area (Å²) in [7, 11) is 0. The van der Waals surface area contributed by atoms with Crippen molar-refractivity contribution in [2.45, 2.75) is 12.8 Å². The van der Waals surface area contributed by atoms with Gasteiger partial charge in [0, 0.05) is 28.8 Å². The molecule has 0 saturated carbocycles. The minimum atomic E-state index is 0.402. The van der Waals surface area contributed by atoms with E-state index in [-0.39, 0.29) is 0 Å². The molecule has 4 rings (SSSR count). The van der Waals surface area contributed by atoms with Crippen LogP contribution in [0.1, 0.15) is 18.4 Å². The number of rotatable bonds is 6. The van der Waals surface area contributed by atoms with E-state index in [1.165, 1.54) is 0 Å².